The summed E-state index contributed by atoms with van der Waals surface area (Å²) in [4.78, 5) is 23.3. The van der Waals surface area contributed by atoms with E-state index < -0.39 is 18.0 Å². The fourth-order valence-electron chi connectivity index (χ4n) is 2.06. The van der Waals surface area contributed by atoms with E-state index >= 15 is 0 Å². The zero-order valence-electron chi connectivity index (χ0n) is 9.26. The Kier molecular flexibility index (Phi) is 2.98. The number of hydrogen-bond acceptors (Lipinski definition) is 3. The van der Waals surface area contributed by atoms with E-state index in [0.717, 1.165) is 17.0 Å². The Bertz CT molecular complexity index is 565. The lowest BCUT2D eigenvalue weighted by molar-refractivity contribution is -0.116. The van der Waals surface area contributed by atoms with E-state index in [2.05, 4.69) is 0 Å². The lowest BCUT2D eigenvalue weighted by atomic mass is 10.0. The third kappa shape index (κ3) is 2.15. The van der Waals surface area contributed by atoms with Gasteiger partial charge in [-0.15, -0.1) is 0 Å². The minimum absolute atomic E-state index is 0.0145. The van der Waals surface area contributed by atoms with Gasteiger partial charge < -0.3 is 5.11 Å². The van der Waals surface area contributed by atoms with Gasteiger partial charge >= 0.3 is 6.09 Å². The second-order valence-corrected chi connectivity index (χ2v) is 4.05. The number of carboxylic acid groups (broad SMARTS) is 1. The van der Waals surface area contributed by atoms with Crippen LogP contribution in [0.2, 0.25) is 0 Å². The lowest BCUT2D eigenvalue weighted by Crippen LogP contribution is -2.29. The van der Waals surface area contributed by atoms with E-state index in [9.17, 15) is 14.0 Å². The van der Waals surface area contributed by atoms with E-state index in [-0.39, 0.29) is 24.3 Å². The minimum Gasteiger partial charge on any atom is -0.465 e. The first kappa shape index (κ1) is 12.0. The average Bonchev–Trinajstić information content (AvgIpc) is 2.70. The molecule has 1 saturated heterocycles. The van der Waals surface area contributed by atoms with E-state index in [1.165, 1.54) is 6.07 Å². The quantitative estimate of drug-likeness (QED) is 0.819. The molecule has 1 aromatic carbocycles. The highest BCUT2D eigenvalue weighted by Gasteiger charge is 2.35. The van der Waals surface area contributed by atoms with Crippen molar-refractivity contribution in [3.8, 4) is 6.07 Å². The molecule has 5 nitrogen and oxygen atoms in total. The molecule has 1 amide bonds. The number of ketones is 1. The molecule has 1 fully saturated rings. The fourth-order valence-corrected chi connectivity index (χ4v) is 2.06. The number of nitrogens with zero attached hydrogens (tertiary/aromatic N) is 2. The summed E-state index contributed by atoms with van der Waals surface area (Å²) in [5.41, 5.74) is 0.439. The average molecular weight is 248 g/mol. The second kappa shape index (κ2) is 4.45. The topological polar surface area (TPSA) is 81.4 Å². The van der Waals surface area contributed by atoms with Crippen LogP contribution in [0.5, 0.6) is 0 Å². The Labute approximate surface area is 102 Å². The summed E-state index contributed by atoms with van der Waals surface area (Å²) < 4.78 is 13.3. The van der Waals surface area contributed by atoms with Crippen molar-refractivity contribution in [3.63, 3.8) is 0 Å². The molecule has 0 saturated carbocycles. The molecule has 18 heavy (non-hydrogen) atoms. The Morgan fingerprint density at radius 1 is 1.50 bits per heavy atom. The molecule has 0 aliphatic carbocycles. The van der Waals surface area contributed by atoms with Gasteiger partial charge in [-0.3, -0.25) is 9.69 Å². The van der Waals surface area contributed by atoms with Gasteiger partial charge in [-0.25, -0.2) is 9.18 Å². The van der Waals surface area contributed by atoms with Crippen LogP contribution in [-0.2, 0) is 4.79 Å². The first-order valence-corrected chi connectivity index (χ1v) is 5.23. The maximum absolute atomic E-state index is 13.3. The molecule has 0 unspecified atom stereocenters. The molecule has 92 valence electrons. The van der Waals surface area contributed by atoms with Crippen LogP contribution in [0.3, 0.4) is 0 Å². The van der Waals surface area contributed by atoms with Crippen molar-refractivity contribution in [1.82, 2.24) is 4.90 Å². The molecular weight excluding hydrogens is 239 g/mol. The van der Waals surface area contributed by atoms with E-state index in [4.69, 9.17) is 10.4 Å². The van der Waals surface area contributed by atoms with Crippen molar-refractivity contribution in [2.75, 3.05) is 6.54 Å². The molecule has 1 N–H and O–H groups in total. The number of carbonyl (C=O) groups excluding carboxylic acids is 1. The smallest absolute Gasteiger partial charge is 0.408 e. The van der Waals surface area contributed by atoms with Crippen LogP contribution in [0, 0.1) is 17.1 Å². The monoisotopic (exact) mass is 248 g/mol. The van der Waals surface area contributed by atoms with Crippen LogP contribution in [0.1, 0.15) is 23.6 Å². The summed E-state index contributed by atoms with van der Waals surface area (Å²) in [6.45, 7) is -0.196. The van der Waals surface area contributed by atoms with Gasteiger partial charge in [0.1, 0.15) is 5.82 Å². The fraction of sp³-hybridized carbons (Fsp3) is 0.250. The number of hydrogen-bond donors (Lipinski definition) is 1. The molecular formula is C12H9FN2O3. The highest BCUT2D eigenvalue weighted by Crippen LogP contribution is 2.31. The Morgan fingerprint density at radius 2 is 2.22 bits per heavy atom. The Hall–Kier alpha value is -2.42. The van der Waals surface area contributed by atoms with Crippen LogP contribution in [0.4, 0.5) is 9.18 Å². The number of halogens is 1. The van der Waals surface area contributed by atoms with Gasteiger partial charge in [-0.1, -0.05) is 0 Å². The van der Waals surface area contributed by atoms with Crippen LogP contribution in [0.15, 0.2) is 18.2 Å². The van der Waals surface area contributed by atoms with Gasteiger partial charge in [0.05, 0.1) is 24.2 Å². The lowest BCUT2D eigenvalue weighted by Gasteiger charge is -2.20. The SMILES string of the molecule is N#Cc1cc(F)cc([C@H]2CC(=O)CN2C(=O)O)c1. The standard InChI is InChI=1S/C12H9FN2O3/c13-9-2-7(5-14)1-8(3-9)11-4-10(16)6-15(11)12(17)18/h1-3,11H,4,6H2,(H,17,18)/t11-/m1/s1. The molecule has 0 aromatic heterocycles. The predicted molar refractivity (Wildman–Crippen MR) is 58.2 cm³/mol. The molecule has 1 aromatic rings. The first-order valence-electron chi connectivity index (χ1n) is 5.23. The summed E-state index contributed by atoms with van der Waals surface area (Å²) in [7, 11) is 0. The zero-order chi connectivity index (χ0) is 13.3. The predicted octanol–water partition coefficient (Wildman–Crippen LogP) is 1.69. The summed E-state index contributed by atoms with van der Waals surface area (Å²) in [5.74, 6) is -0.834. The van der Waals surface area contributed by atoms with Crippen LogP contribution in [-0.4, -0.2) is 28.4 Å². The van der Waals surface area contributed by atoms with E-state index in [1.807, 2.05) is 0 Å². The van der Waals surface area contributed by atoms with Crippen LogP contribution in [0.25, 0.3) is 0 Å². The molecule has 1 aliphatic heterocycles. The molecule has 1 heterocycles. The van der Waals surface area contributed by atoms with Gasteiger partial charge in [-0.2, -0.15) is 5.26 Å². The Balaban J connectivity index is 2.41. The van der Waals surface area contributed by atoms with Gasteiger partial charge in [0.25, 0.3) is 0 Å². The van der Waals surface area contributed by atoms with Crippen LogP contribution >= 0.6 is 0 Å². The zero-order valence-corrected chi connectivity index (χ0v) is 9.26. The number of likely N-dealkylation sites (tertiary alicyclic amines) is 1. The maximum atomic E-state index is 13.3. The normalized spacial score (nSPS) is 18.8. The Morgan fingerprint density at radius 3 is 2.83 bits per heavy atom. The van der Waals surface area contributed by atoms with Gasteiger partial charge in [0.2, 0.25) is 0 Å². The molecule has 0 bridgehead atoms. The molecule has 6 heteroatoms. The first-order chi connectivity index (χ1) is 8.51. The molecule has 0 spiro atoms. The summed E-state index contributed by atoms with van der Waals surface area (Å²) >= 11 is 0. The number of Topliss-reactive ketones (excluding diaryl/α,β-unsaturated/α-hetero) is 1. The number of amides is 1. The number of nitriles is 1. The summed E-state index contributed by atoms with van der Waals surface area (Å²) in [6.07, 6.45) is -1.21. The van der Waals surface area contributed by atoms with Crippen LogP contribution < -0.4 is 0 Å². The number of rotatable bonds is 1. The van der Waals surface area contributed by atoms with Gasteiger partial charge in [-0.05, 0) is 23.8 Å². The van der Waals surface area contributed by atoms with Crippen molar-refractivity contribution in [2.24, 2.45) is 0 Å². The van der Waals surface area contributed by atoms with Crippen molar-refractivity contribution < 1.29 is 19.1 Å². The maximum Gasteiger partial charge on any atom is 0.408 e. The highest BCUT2D eigenvalue weighted by atomic mass is 19.1. The van der Waals surface area contributed by atoms with E-state index in [0.29, 0.717) is 5.56 Å². The highest BCUT2D eigenvalue weighted by molar-refractivity contribution is 5.88. The molecule has 2 rings (SSSR count). The second-order valence-electron chi connectivity index (χ2n) is 4.05. The summed E-state index contributed by atoms with van der Waals surface area (Å²) in [6, 6.07) is 4.70. The minimum atomic E-state index is -1.23. The summed E-state index contributed by atoms with van der Waals surface area (Å²) in [5, 5.41) is 17.7. The van der Waals surface area contributed by atoms with Gasteiger partial charge in [0.15, 0.2) is 5.78 Å². The van der Waals surface area contributed by atoms with Crippen molar-refractivity contribution in [3.05, 3.63) is 35.1 Å². The van der Waals surface area contributed by atoms with Crippen molar-refractivity contribution in [2.45, 2.75) is 12.5 Å². The van der Waals surface area contributed by atoms with Crippen molar-refractivity contribution >= 4 is 11.9 Å². The van der Waals surface area contributed by atoms with Crippen molar-refractivity contribution in [1.29, 1.82) is 5.26 Å². The third-order valence-corrected chi connectivity index (χ3v) is 2.82. The van der Waals surface area contributed by atoms with Gasteiger partial charge in [0, 0.05) is 6.42 Å². The largest absolute Gasteiger partial charge is 0.465 e. The number of carbonyl (C=O) groups is 2. The van der Waals surface area contributed by atoms with E-state index in [1.54, 1.807) is 6.07 Å². The molecule has 1 atom stereocenters. The molecule has 1 aliphatic rings. The molecule has 0 radical (unpaired) electrons. The number of benzene rings is 1. The third-order valence-electron chi connectivity index (χ3n) is 2.82.